The molecule has 3 heterocycles. The molecule has 1 aromatic carbocycles. The maximum Gasteiger partial charge on any atom is 0.327 e. The maximum absolute atomic E-state index is 13.2. The number of unbranched alkanes of at least 4 members (excludes halogenated alkanes) is 1. The number of imide groups is 1. The summed E-state index contributed by atoms with van der Waals surface area (Å²) >= 11 is 0. The summed E-state index contributed by atoms with van der Waals surface area (Å²) in [6, 6.07) is 7.72. The van der Waals surface area contributed by atoms with E-state index in [0.29, 0.717) is 24.2 Å². The molecule has 2 aliphatic heterocycles. The zero-order valence-corrected chi connectivity index (χ0v) is 17.9. The van der Waals surface area contributed by atoms with E-state index in [0.717, 1.165) is 4.90 Å². The summed E-state index contributed by atoms with van der Waals surface area (Å²) in [5, 5.41) is 42.6. The van der Waals surface area contributed by atoms with Crippen LogP contribution in [0.4, 0.5) is 5.69 Å². The van der Waals surface area contributed by atoms with Crippen LogP contribution < -0.4 is 5.32 Å². The molecule has 2 fully saturated rings. The summed E-state index contributed by atoms with van der Waals surface area (Å²) in [4.78, 5) is 49.8. The van der Waals surface area contributed by atoms with Crippen molar-refractivity contribution in [1.82, 2.24) is 10.2 Å². The number of carbonyl (C=O) groups excluding carboxylic acids is 2. The fourth-order valence-corrected chi connectivity index (χ4v) is 4.74. The number of fused-ring (bicyclic) bond motifs is 1. The summed E-state index contributed by atoms with van der Waals surface area (Å²) in [6.45, 7) is -0.995. The molecule has 4 N–H and O–H groups in total. The van der Waals surface area contributed by atoms with Gasteiger partial charge in [0, 0.05) is 30.8 Å². The third-order valence-corrected chi connectivity index (χ3v) is 6.46. The molecule has 2 amide bonds. The number of carboxylic acid groups (broad SMARTS) is 1. The van der Waals surface area contributed by atoms with Gasteiger partial charge in [-0.25, -0.2) is 0 Å². The smallest absolute Gasteiger partial charge is 0.327 e. The molecule has 0 bridgehead atoms. The lowest BCUT2D eigenvalue weighted by atomic mass is 9.80. The van der Waals surface area contributed by atoms with Crippen LogP contribution in [0.1, 0.15) is 24.6 Å². The Labute approximate surface area is 192 Å². The number of nitro groups is 1. The van der Waals surface area contributed by atoms with Crippen molar-refractivity contribution in [2.75, 3.05) is 19.8 Å². The summed E-state index contributed by atoms with van der Waals surface area (Å²) in [6.07, 6.45) is 0.727. The highest BCUT2D eigenvalue weighted by Gasteiger charge is 2.68. The van der Waals surface area contributed by atoms with Gasteiger partial charge < -0.3 is 19.7 Å². The van der Waals surface area contributed by atoms with Crippen molar-refractivity contribution < 1.29 is 39.0 Å². The van der Waals surface area contributed by atoms with Crippen LogP contribution in [0.25, 0.3) is 11.3 Å². The minimum absolute atomic E-state index is 0.0330. The first-order valence-corrected chi connectivity index (χ1v) is 10.7. The van der Waals surface area contributed by atoms with Gasteiger partial charge in [0.2, 0.25) is 11.8 Å². The molecule has 0 saturated carbocycles. The van der Waals surface area contributed by atoms with Crippen molar-refractivity contribution in [3.8, 4) is 11.3 Å². The summed E-state index contributed by atoms with van der Waals surface area (Å²) < 4.78 is 5.88. The number of nitro benzene ring substituents is 1. The number of amides is 2. The molecule has 12 nitrogen and oxygen atoms in total. The number of hydrogen-bond acceptors (Lipinski definition) is 9. The Morgan fingerprint density at radius 1 is 1.12 bits per heavy atom. The third kappa shape index (κ3) is 3.65. The van der Waals surface area contributed by atoms with Crippen LogP contribution in [0.2, 0.25) is 0 Å². The Kier molecular flexibility index (Phi) is 6.21. The highest BCUT2D eigenvalue weighted by atomic mass is 16.6. The van der Waals surface area contributed by atoms with Crippen molar-refractivity contribution in [1.29, 1.82) is 0 Å². The lowest BCUT2D eigenvalue weighted by molar-refractivity contribution is -0.384. The molecule has 2 saturated heterocycles. The molecule has 2 aromatic rings. The first kappa shape index (κ1) is 23.5. The van der Waals surface area contributed by atoms with Gasteiger partial charge >= 0.3 is 5.97 Å². The number of carbonyl (C=O) groups is 3. The Balaban J connectivity index is 1.68. The van der Waals surface area contributed by atoms with E-state index >= 15 is 0 Å². The topological polar surface area (TPSA) is 183 Å². The molecule has 12 heteroatoms. The Bertz CT molecular complexity index is 1130. The SMILES string of the molecule is O=C1C2C(c3ccc(-c4ccc([N+](=O)[O-])cc4)o3)NC(CO)(C(=O)O)C2C(=O)N1CCCCO. The number of benzene rings is 1. The molecule has 34 heavy (non-hydrogen) atoms. The van der Waals surface area contributed by atoms with Gasteiger partial charge in [0.1, 0.15) is 11.5 Å². The minimum Gasteiger partial charge on any atom is -0.480 e. The van der Waals surface area contributed by atoms with Gasteiger partial charge in [-0.3, -0.25) is 34.7 Å². The Morgan fingerprint density at radius 2 is 1.82 bits per heavy atom. The number of non-ortho nitro benzene ring substituents is 1. The standard InChI is InChI=1S/C22H23N3O9/c26-10-2-1-9-24-19(28)16-17(20(24)29)22(11-27,21(30)31)23-18(16)15-8-7-14(34-15)12-3-5-13(6-4-12)25(32)33/h3-8,16-18,23,26-27H,1-2,9-11H2,(H,30,31). The minimum atomic E-state index is -2.08. The summed E-state index contributed by atoms with van der Waals surface area (Å²) in [5.74, 6) is -4.66. The second kappa shape index (κ2) is 8.97. The van der Waals surface area contributed by atoms with E-state index in [2.05, 4.69) is 5.32 Å². The number of rotatable bonds is 9. The number of aliphatic hydroxyl groups is 2. The molecular formula is C22H23N3O9. The third-order valence-electron chi connectivity index (χ3n) is 6.46. The lowest BCUT2D eigenvalue weighted by Crippen LogP contribution is -2.58. The number of furan rings is 1. The van der Waals surface area contributed by atoms with Gasteiger partial charge in [0.25, 0.3) is 5.69 Å². The number of carboxylic acids is 1. The Hall–Kier alpha value is -3.61. The van der Waals surface area contributed by atoms with E-state index in [1.165, 1.54) is 30.3 Å². The molecule has 180 valence electrons. The number of nitrogens with zero attached hydrogens (tertiary/aromatic N) is 2. The largest absolute Gasteiger partial charge is 0.480 e. The van der Waals surface area contributed by atoms with Crippen molar-refractivity contribution in [2.24, 2.45) is 11.8 Å². The van der Waals surface area contributed by atoms with E-state index in [-0.39, 0.29) is 24.6 Å². The van der Waals surface area contributed by atoms with Crippen molar-refractivity contribution in [3.63, 3.8) is 0 Å². The van der Waals surface area contributed by atoms with Crippen LogP contribution in [0.5, 0.6) is 0 Å². The van der Waals surface area contributed by atoms with Crippen LogP contribution in [0.15, 0.2) is 40.8 Å². The summed E-state index contributed by atoms with van der Waals surface area (Å²) in [7, 11) is 0. The van der Waals surface area contributed by atoms with E-state index in [9.17, 15) is 34.7 Å². The second-order valence-corrected chi connectivity index (χ2v) is 8.32. The van der Waals surface area contributed by atoms with Crippen molar-refractivity contribution in [2.45, 2.75) is 24.4 Å². The van der Waals surface area contributed by atoms with Gasteiger partial charge in [0.05, 0.1) is 29.4 Å². The van der Waals surface area contributed by atoms with Crippen LogP contribution in [0.3, 0.4) is 0 Å². The van der Waals surface area contributed by atoms with Gasteiger partial charge in [-0.2, -0.15) is 0 Å². The highest BCUT2D eigenvalue weighted by molar-refractivity contribution is 6.09. The van der Waals surface area contributed by atoms with Gasteiger partial charge in [-0.05, 0) is 37.1 Å². The van der Waals surface area contributed by atoms with Crippen molar-refractivity contribution >= 4 is 23.5 Å². The van der Waals surface area contributed by atoms with Gasteiger partial charge in [0.15, 0.2) is 5.54 Å². The van der Waals surface area contributed by atoms with E-state index in [1.54, 1.807) is 6.07 Å². The molecule has 0 radical (unpaired) electrons. The van der Waals surface area contributed by atoms with Crippen molar-refractivity contribution in [3.05, 3.63) is 52.3 Å². The first-order chi connectivity index (χ1) is 16.2. The first-order valence-electron chi connectivity index (χ1n) is 10.7. The number of aliphatic carboxylic acids is 1. The molecule has 0 aliphatic carbocycles. The van der Waals surface area contributed by atoms with Crippen LogP contribution in [0, 0.1) is 22.0 Å². The predicted molar refractivity (Wildman–Crippen MR) is 114 cm³/mol. The van der Waals surface area contributed by atoms with E-state index in [1.807, 2.05) is 0 Å². The lowest BCUT2D eigenvalue weighted by Gasteiger charge is -2.28. The number of nitrogens with one attached hydrogen (secondary N) is 1. The molecule has 4 rings (SSSR count). The number of aliphatic hydroxyl groups excluding tert-OH is 2. The Morgan fingerprint density at radius 3 is 2.41 bits per heavy atom. The van der Waals surface area contributed by atoms with Gasteiger partial charge in [-0.1, -0.05) is 0 Å². The average Bonchev–Trinajstić information content (AvgIpc) is 3.50. The zero-order valence-electron chi connectivity index (χ0n) is 17.9. The van der Waals surface area contributed by atoms with Crippen LogP contribution >= 0.6 is 0 Å². The van der Waals surface area contributed by atoms with Gasteiger partial charge in [-0.15, -0.1) is 0 Å². The fraction of sp³-hybridized carbons (Fsp3) is 0.409. The number of hydrogen-bond donors (Lipinski definition) is 4. The normalized spacial score (nSPS) is 26.2. The molecular weight excluding hydrogens is 450 g/mol. The number of likely N-dealkylation sites (tertiary alicyclic amines) is 1. The summed E-state index contributed by atoms with van der Waals surface area (Å²) in [5.41, 5.74) is -1.65. The van der Waals surface area contributed by atoms with E-state index in [4.69, 9.17) is 9.52 Å². The predicted octanol–water partition coefficient (Wildman–Crippen LogP) is 0.688. The quantitative estimate of drug-likeness (QED) is 0.175. The zero-order chi connectivity index (χ0) is 24.6. The average molecular weight is 473 g/mol. The molecule has 4 atom stereocenters. The second-order valence-electron chi connectivity index (χ2n) is 8.32. The van der Waals surface area contributed by atoms with E-state index < -0.39 is 52.7 Å². The molecule has 4 unspecified atom stereocenters. The molecule has 1 aromatic heterocycles. The monoisotopic (exact) mass is 473 g/mol. The maximum atomic E-state index is 13.2. The van der Waals surface area contributed by atoms with Crippen LogP contribution in [-0.2, 0) is 14.4 Å². The molecule has 2 aliphatic rings. The highest BCUT2D eigenvalue weighted by Crippen LogP contribution is 2.49. The molecule has 0 spiro atoms. The van der Waals surface area contributed by atoms with Crippen LogP contribution in [-0.4, -0.2) is 68.2 Å². The fourth-order valence-electron chi connectivity index (χ4n) is 4.74.